The molecule has 0 atom stereocenters. The Labute approximate surface area is 208 Å². The highest BCUT2D eigenvalue weighted by Crippen LogP contribution is 2.24. The summed E-state index contributed by atoms with van der Waals surface area (Å²) in [7, 11) is 0. The van der Waals surface area contributed by atoms with Crippen molar-refractivity contribution in [3.8, 4) is 0 Å². The quantitative estimate of drug-likeness (QED) is 0.251. The third-order valence-corrected chi connectivity index (χ3v) is 6.24. The second-order valence-electron chi connectivity index (χ2n) is 7.76. The highest BCUT2D eigenvalue weighted by atomic mass is 32.2. The van der Waals surface area contributed by atoms with Crippen molar-refractivity contribution in [3.05, 3.63) is 107 Å². The number of nitrogens with zero attached hydrogens (tertiary/aromatic N) is 3. The third-order valence-electron chi connectivity index (χ3n) is 5.20. The lowest BCUT2D eigenvalue weighted by Gasteiger charge is -2.10. The molecule has 178 valence electrons. The molecule has 0 bridgehead atoms. The fourth-order valence-corrected chi connectivity index (χ4v) is 4.36. The van der Waals surface area contributed by atoms with Crippen molar-refractivity contribution in [2.45, 2.75) is 30.8 Å². The van der Waals surface area contributed by atoms with E-state index in [0.29, 0.717) is 30.3 Å². The molecule has 1 N–H and O–H groups in total. The van der Waals surface area contributed by atoms with Crippen LogP contribution in [0.25, 0.3) is 0 Å². The number of amides is 1. The molecule has 0 aliphatic heterocycles. The van der Waals surface area contributed by atoms with E-state index in [-0.39, 0.29) is 18.3 Å². The molecular weight excluding hydrogens is 460 g/mol. The summed E-state index contributed by atoms with van der Waals surface area (Å²) < 4.78 is 7.05. The summed E-state index contributed by atoms with van der Waals surface area (Å²) in [5.41, 5.74) is 3.49. The van der Waals surface area contributed by atoms with E-state index in [1.54, 1.807) is 6.92 Å². The lowest BCUT2D eigenvalue weighted by Crippen LogP contribution is -2.14. The highest BCUT2D eigenvalue weighted by Gasteiger charge is 2.17. The molecule has 1 amide bonds. The van der Waals surface area contributed by atoms with Gasteiger partial charge in [-0.15, -0.1) is 10.2 Å². The molecule has 0 fully saturated rings. The number of anilines is 1. The average Bonchev–Trinajstić information content (AvgIpc) is 3.25. The molecule has 4 rings (SSSR count). The van der Waals surface area contributed by atoms with Gasteiger partial charge in [0.15, 0.2) is 5.16 Å². The zero-order valence-electron chi connectivity index (χ0n) is 19.4. The van der Waals surface area contributed by atoms with Gasteiger partial charge in [-0.2, -0.15) is 0 Å². The minimum Gasteiger partial charge on any atom is -0.466 e. The summed E-state index contributed by atoms with van der Waals surface area (Å²) >= 11 is 1.53. The van der Waals surface area contributed by atoms with Crippen LogP contribution >= 0.6 is 11.8 Å². The number of nitrogens with one attached hydrogen (secondary N) is 1. The SMILES string of the molecule is CCOC(=O)Cc1nnc(SCc2ccc(C(=O)Nc3ccccc3)cc2)n1Cc1ccccc1. The maximum atomic E-state index is 12.5. The van der Waals surface area contributed by atoms with Crippen LogP contribution in [0.4, 0.5) is 5.69 Å². The molecule has 1 aromatic heterocycles. The zero-order valence-corrected chi connectivity index (χ0v) is 20.2. The molecule has 4 aromatic rings. The van der Waals surface area contributed by atoms with Gasteiger partial charge in [-0.25, -0.2) is 0 Å². The number of ether oxygens (including phenoxy) is 1. The topological polar surface area (TPSA) is 86.1 Å². The Morgan fingerprint density at radius 2 is 1.57 bits per heavy atom. The average molecular weight is 487 g/mol. The van der Waals surface area contributed by atoms with Crippen molar-refractivity contribution in [3.63, 3.8) is 0 Å². The molecule has 0 aliphatic rings. The smallest absolute Gasteiger partial charge is 0.313 e. The van der Waals surface area contributed by atoms with Gasteiger partial charge in [-0.1, -0.05) is 72.4 Å². The fraction of sp³-hybridized carbons (Fsp3) is 0.185. The lowest BCUT2D eigenvalue weighted by molar-refractivity contribution is -0.142. The summed E-state index contributed by atoms with van der Waals surface area (Å²) in [6.45, 7) is 2.67. The minimum atomic E-state index is -0.324. The monoisotopic (exact) mass is 486 g/mol. The van der Waals surface area contributed by atoms with E-state index in [0.717, 1.165) is 22.0 Å². The summed E-state index contributed by atoms with van der Waals surface area (Å²) in [6, 6.07) is 26.9. The second kappa shape index (κ2) is 12.0. The molecule has 0 aliphatic carbocycles. The van der Waals surface area contributed by atoms with Gasteiger partial charge in [0.25, 0.3) is 5.91 Å². The Morgan fingerprint density at radius 3 is 2.26 bits per heavy atom. The molecule has 0 unspecified atom stereocenters. The van der Waals surface area contributed by atoms with E-state index < -0.39 is 0 Å². The molecule has 3 aromatic carbocycles. The number of esters is 1. The van der Waals surface area contributed by atoms with Gasteiger partial charge in [0.2, 0.25) is 0 Å². The Kier molecular flexibility index (Phi) is 8.30. The molecule has 1 heterocycles. The van der Waals surface area contributed by atoms with E-state index in [9.17, 15) is 9.59 Å². The van der Waals surface area contributed by atoms with Crippen LogP contribution in [0.15, 0.2) is 90.1 Å². The molecule has 0 saturated heterocycles. The summed E-state index contributed by atoms with van der Waals surface area (Å²) in [5, 5.41) is 12.2. The summed E-state index contributed by atoms with van der Waals surface area (Å²) in [4.78, 5) is 24.5. The van der Waals surface area contributed by atoms with Crippen molar-refractivity contribution < 1.29 is 14.3 Å². The van der Waals surface area contributed by atoms with E-state index in [1.807, 2.05) is 89.5 Å². The number of carbonyl (C=O) groups is 2. The maximum Gasteiger partial charge on any atom is 0.313 e. The summed E-state index contributed by atoms with van der Waals surface area (Å²) in [6.07, 6.45) is 0.0689. The molecule has 7 nitrogen and oxygen atoms in total. The molecule has 0 radical (unpaired) electrons. The van der Waals surface area contributed by atoms with Crippen molar-refractivity contribution in [2.75, 3.05) is 11.9 Å². The van der Waals surface area contributed by atoms with E-state index in [4.69, 9.17) is 4.74 Å². The summed E-state index contributed by atoms with van der Waals surface area (Å²) in [5.74, 6) is 0.742. The number of hydrogen-bond donors (Lipinski definition) is 1. The lowest BCUT2D eigenvalue weighted by atomic mass is 10.1. The largest absolute Gasteiger partial charge is 0.466 e. The Balaban J connectivity index is 1.44. The van der Waals surface area contributed by atoms with Gasteiger partial charge in [0.05, 0.1) is 13.2 Å². The predicted molar refractivity (Wildman–Crippen MR) is 136 cm³/mol. The zero-order chi connectivity index (χ0) is 24.5. The van der Waals surface area contributed by atoms with Crippen LogP contribution < -0.4 is 5.32 Å². The number of para-hydroxylation sites is 1. The number of hydrogen-bond acceptors (Lipinski definition) is 6. The molecular formula is C27H26N4O3S. The van der Waals surface area contributed by atoms with Crippen molar-refractivity contribution >= 4 is 29.3 Å². The number of thioether (sulfide) groups is 1. The Bertz CT molecular complexity index is 1260. The van der Waals surface area contributed by atoms with Gasteiger partial charge in [-0.3, -0.25) is 9.59 Å². The first-order valence-electron chi connectivity index (χ1n) is 11.3. The van der Waals surface area contributed by atoms with Crippen LogP contribution in [-0.2, 0) is 28.2 Å². The van der Waals surface area contributed by atoms with Gasteiger partial charge < -0.3 is 14.6 Å². The first kappa shape index (κ1) is 24.2. The van der Waals surface area contributed by atoms with Crippen LogP contribution in [-0.4, -0.2) is 33.2 Å². The van der Waals surface area contributed by atoms with Gasteiger partial charge in [0.1, 0.15) is 12.2 Å². The Hall–Kier alpha value is -3.91. The van der Waals surface area contributed by atoms with Crippen LogP contribution in [0.1, 0.15) is 34.2 Å². The van der Waals surface area contributed by atoms with E-state index >= 15 is 0 Å². The molecule has 0 saturated carbocycles. The van der Waals surface area contributed by atoms with Gasteiger partial charge >= 0.3 is 5.97 Å². The first-order chi connectivity index (χ1) is 17.1. The second-order valence-corrected chi connectivity index (χ2v) is 8.70. The molecule has 35 heavy (non-hydrogen) atoms. The van der Waals surface area contributed by atoms with E-state index in [1.165, 1.54) is 11.8 Å². The number of carbonyl (C=O) groups excluding carboxylic acids is 2. The standard InChI is InChI=1S/C27H26N4O3S/c1-2-34-25(32)17-24-29-30-27(31(24)18-20-9-5-3-6-10-20)35-19-21-13-15-22(16-14-21)26(33)28-23-11-7-4-8-12-23/h3-16H,2,17-19H2,1H3,(H,28,33). The third kappa shape index (κ3) is 6.80. The Morgan fingerprint density at radius 1 is 0.886 bits per heavy atom. The first-order valence-corrected chi connectivity index (χ1v) is 12.3. The molecule has 0 spiro atoms. The number of benzene rings is 3. The molecule has 8 heteroatoms. The van der Waals surface area contributed by atoms with Crippen LogP contribution in [0.2, 0.25) is 0 Å². The normalized spacial score (nSPS) is 10.7. The number of rotatable bonds is 10. The van der Waals surface area contributed by atoms with Crippen molar-refractivity contribution in [1.82, 2.24) is 14.8 Å². The maximum absolute atomic E-state index is 12.5. The van der Waals surface area contributed by atoms with E-state index in [2.05, 4.69) is 15.5 Å². The van der Waals surface area contributed by atoms with Crippen LogP contribution in [0.5, 0.6) is 0 Å². The van der Waals surface area contributed by atoms with Crippen LogP contribution in [0.3, 0.4) is 0 Å². The fourth-order valence-electron chi connectivity index (χ4n) is 3.45. The van der Waals surface area contributed by atoms with Gasteiger partial charge in [0, 0.05) is 17.0 Å². The predicted octanol–water partition coefficient (Wildman–Crippen LogP) is 4.98. The highest BCUT2D eigenvalue weighted by molar-refractivity contribution is 7.98. The van der Waals surface area contributed by atoms with Gasteiger partial charge in [-0.05, 0) is 42.3 Å². The minimum absolute atomic E-state index is 0.0689. The van der Waals surface area contributed by atoms with Crippen molar-refractivity contribution in [1.29, 1.82) is 0 Å². The van der Waals surface area contributed by atoms with Crippen molar-refractivity contribution in [2.24, 2.45) is 0 Å². The van der Waals surface area contributed by atoms with Crippen LogP contribution in [0, 0.1) is 0 Å². The number of aromatic nitrogens is 3.